The van der Waals surface area contributed by atoms with Gasteiger partial charge in [0.05, 0.1) is 6.54 Å². The minimum Gasteiger partial charge on any atom is -0.383 e. The van der Waals surface area contributed by atoms with Gasteiger partial charge in [-0.2, -0.15) is 0 Å². The lowest BCUT2D eigenvalue weighted by atomic mass is 10.3. The van der Waals surface area contributed by atoms with Gasteiger partial charge in [-0.15, -0.1) is 0 Å². The first-order chi connectivity index (χ1) is 8.45. The van der Waals surface area contributed by atoms with Gasteiger partial charge in [0.15, 0.2) is 0 Å². The maximum Gasteiger partial charge on any atom is 0.239 e. The van der Waals surface area contributed by atoms with E-state index in [0.717, 1.165) is 0 Å². The largest absolute Gasteiger partial charge is 0.383 e. The van der Waals surface area contributed by atoms with Gasteiger partial charge < -0.3 is 16.0 Å². The molecule has 1 rings (SSSR count). The van der Waals surface area contributed by atoms with Gasteiger partial charge in [-0.25, -0.2) is 9.97 Å². The fourth-order valence-electron chi connectivity index (χ4n) is 1.47. The molecule has 7 heteroatoms. The van der Waals surface area contributed by atoms with Crippen LogP contribution in [0.5, 0.6) is 0 Å². The molecule has 0 saturated heterocycles. The normalized spacial score (nSPS) is 10.5. The smallest absolute Gasteiger partial charge is 0.239 e. The van der Waals surface area contributed by atoms with Crippen LogP contribution in [0, 0.1) is 0 Å². The van der Waals surface area contributed by atoms with E-state index in [9.17, 15) is 4.79 Å². The summed E-state index contributed by atoms with van der Waals surface area (Å²) in [5.74, 6) is 0.947. The number of hydrogen-bond acceptors (Lipinski definition) is 5. The Hall–Kier alpha value is -1.37. The van der Waals surface area contributed by atoms with E-state index in [-0.39, 0.29) is 18.5 Å². The SMILES string of the molecule is CCN(CC(=O)NC(C)C)c1ncnc(N)c1Br. The van der Waals surface area contributed by atoms with Crippen molar-refractivity contribution in [3.05, 3.63) is 10.8 Å². The number of nitrogens with two attached hydrogens (primary N) is 1. The molecule has 18 heavy (non-hydrogen) atoms. The van der Waals surface area contributed by atoms with E-state index in [1.54, 1.807) is 0 Å². The molecule has 0 aromatic carbocycles. The molecule has 6 nitrogen and oxygen atoms in total. The third kappa shape index (κ3) is 3.83. The number of carbonyl (C=O) groups excluding carboxylic acids is 1. The standard InChI is InChI=1S/C11H18BrN5O/c1-4-17(5-8(18)16-7(2)3)11-9(12)10(13)14-6-15-11/h6-7H,4-5H2,1-3H3,(H,16,18)(H2,13,14,15). The first-order valence-corrected chi connectivity index (χ1v) is 6.55. The number of carbonyl (C=O) groups is 1. The van der Waals surface area contributed by atoms with Crippen molar-refractivity contribution < 1.29 is 4.79 Å². The van der Waals surface area contributed by atoms with Crippen LogP contribution in [0.1, 0.15) is 20.8 Å². The summed E-state index contributed by atoms with van der Waals surface area (Å²) in [7, 11) is 0. The van der Waals surface area contributed by atoms with Crippen LogP contribution < -0.4 is 16.0 Å². The Morgan fingerprint density at radius 1 is 1.56 bits per heavy atom. The summed E-state index contributed by atoms with van der Waals surface area (Å²) in [4.78, 5) is 21.6. The van der Waals surface area contributed by atoms with Gasteiger partial charge in [-0.1, -0.05) is 0 Å². The van der Waals surface area contributed by atoms with Crippen LogP contribution in [0.15, 0.2) is 10.8 Å². The molecule has 0 spiro atoms. The summed E-state index contributed by atoms with van der Waals surface area (Å²) in [5.41, 5.74) is 5.70. The summed E-state index contributed by atoms with van der Waals surface area (Å²) in [6.45, 7) is 6.69. The van der Waals surface area contributed by atoms with Crippen LogP contribution in [-0.4, -0.2) is 35.0 Å². The van der Waals surface area contributed by atoms with Crippen LogP contribution in [-0.2, 0) is 4.79 Å². The Morgan fingerprint density at radius 2 is 2.22 bits per heavy atom. The second-order valence-electron chi connectivity index (χ2n) is 4.13. The number of aromatic nitrogens is 2. The topological polar surface area (TPSA) is 84.1 Å². The van der Waals surface area contributed by atoms with Crippen LogP contribution in [0.3, 0.4) is 0 Å². The van der Waals surface area contributed by atoms with Crippen LogP contribution in [0.25, 0.3) is 0 Å². The maximum atomic E-state index is 11.7. The first-order valence-electron chi connectivity index (χ1n) is 5.76. The molecule has 0 saturated carbocycles. The Morgan fingerprint density at radius 3 is 2.78 bits per heavy atom. The molecule has 1 aromatic heterocycles. The summed E-state index contributed by atoms with van der Waals surface area (Å²) >= 11 is 3.34. The summed E-state index contributed by atoms with van der Waals surface area (Å²) in [6, 6.07) is 0.120. The molecular formula is C11H18BrN5O. The molecular weight excluding hydrogens is 298 g/mol. The molecule has 0 aliphatic rings. The number of likely N-dealkylation sites (N-methyl/N-ethyl adjacent to an activating group) is 1. The maximum absolute atomic E-state index is 11.7. The quantitative estimate of drug-likeness (QED) is 0.852. The molecule has 0 unspecified atom stereocenters. The molecule has 0 radical (unpaired) electrons. The van der Waals surface area contributed by atoms with Crippen molar-refractivity contribution in [2.24, 2.45) is 0 Å². The highest BCUT2D eigenvalue weighted by molar-refractivity contribution is 9.10. The van der Waals surface area contributed by atoms with Gasteiger partial charge in [-0.3, -0.25) is 4.79 Å². The molecule has 1 aromatic rings. The lowest BCUT2D eigenvalue weighted by Gasteiger charge is -2.23. The number of hydrogen-bond donors (Lipinski definition) is 2. The minimum atomic E-state index is -0.0454. The van der Waals surface area contributed by atoms with Crippen molar-refractivity contribution in [3.8, 4) is 0 Å². The fraction of sp³-hybridized carbons (Fsp3) is 0.545. The third-order valence-corrected chi connectivity index (χ3v) is 3.02. The lowest BCUT2D eigenvalue weighted by molar-refractivity contribution is -0.120. The molecule has 3 N–H and O–H groups in total. The van der Waals surface area contributed by atoms with Crippen LogP contribution in [0.4, 0.5) is 11.6 Å². The van der Waals surface area contributed by atoms with Gasteiger partial charge in [0.2, 0.25) is 5.91 Å². The molecule has 100 valence electrons. The Labute approximate surface area is 115 Å². The van der Waals surface area contributed by atoms with E-state index in [1.165, 1.54) is 6.33 Å². The number of halogens is 1. The molecule has 0 aliphatic heterocycles. The van der Waals surface area contributed by atoms with Crippen molar-refractivity contribution in [3.63, 3.8) is 0 Å². The van der Waals surface area contributed by atoms with E-state index in [4.69, 9.17) is 5.73 Å². The number of nitrogen functional groups attached to an aromatic ring is 1. The lowest BCUT2D eigenvalue weighted by Crippen LogP contribution is -2.40. The summed E-state index contributed by atoms with van der Waals surface area (Å²) < 4.78 is 0.615. The van der Waals surface area contributed by atoms with Crippen molar-refractivity contribution >= 4 is 33.5 Å². The van der Waals surface area contributed by atoms with Gasteiger partial charge in [0.25, 0.3) is 0 Å². The Balaban J connectivity index is 2.83. The van der Waals surface area contributed by atoms with Crippen LogP contribution in [0.2, 0.25) is 0 Å². The predicted molar refractivity (Wildman–Crippen MR) is 75.3 cm³/mol. The predicted octanol–water partition coefficient (Wildman–Crippen LogP) is 1.17. The van der Waals surface area contributed by atoms with Gasteiger partial charge in [0, 0.05) is 12.6 Å². The van der Waals surface area contributed by atoms with Gasteiger partial charge >= 0.3 is 0 Å². The zero-order chi connectivity index (χ0) is 13.7. The minimum absolute atomic E-state index is 0.0454. The molecule has 0 bridgehead atoms. The third-order valence-electron chi connectivity index (χ3n) is 2.26. The highest BCUT2D eigenvalue weighted by Crippen LogP contribution is 2.27. The zero-order valence-corrected chi connectivity index (χ0v) is 12.4. The van der Waals surface area contributed by atoms with Gasteiger partial charge in [0.1, 0.15) is 22.4 Å². The number of anilines is 2. The van der Waals surface area contributed by atoms with Crippen LogP contribution >= 0.6 is 15.9 Å². The first kappa shape index (κ1) is 14.7. The summed E-state index contributed by atoms with van der Waals surface area (Å²) in [6.07, 6.45) is 1.39. The molecule has 0 atom stereocenters. The highest BCUT2D eigenvalue weighted by Gasteiger charge is 2.16. The van der Waals surface area contributed by atoms with E-state index in [2.05, 4.69) is 31.2 Å². The number of rotatable bonds is 5. The highest BCUT2D eigenvalue weighted by atomic mass is 79.9. The summed E-state index contributed by atoms with van der Waals surface area (Å²) in [5, 5.41) is 2.84. The second-order valence-corrected chi connectivity index (χ2v) is 4.93. The zero-order valence-electron chi connectivity index (χ0n) is 10.8. The number of nitrogens with zero attached hydrogens (tertiary/aromatic N) is 3. The van der Waals surface area contributed by atoms with Gasteiger partial charge in [-0.05, 0) is 36.7 Å². The molecule has 0 aliphatic carbocycles. The fourth-order valence-corrected chi connectivity index (χ4v) is 1.93. The average Bonchev–Trinajstić information content (AvgIpc) is 2.29. The Bertz CT molecular complexity index is 424. The van der Waals surface area contributed by atoms with E-state index in [0.29, 0.717) is 22.7 Å². The molecule has 1 amide bonds. The monoisotopic (exact) mass is 315 g/mol. The second kappa shape index (κ2) is 6.53. The van der Waals surface area contributed by atoms with Crippen molar-refractivity contribution in [1.82, 2.24) is 15.3 Å². The van der Waals surface area contributed by atoms with E-state index in [1.807, 2.05) is 25.7 Å². The average molecular weight is 316 g/mol. The Kier molecular flexibility index (Phi) is 5.33. The number of nitrogens with one attached hydrogen (secondary N) is 1. The van der Waals surface area contributed by atoms with E-state index >= 15 is 0 Å². The van der Waals surface area contributed by atoms with Crippen molar-refractivity contribution in [1.29, 1.82) is 0 Å². The molecule has 1 heterocycles. The van der Waals surface area contributed by atoms with E-state index < -0.39 is 0 Å². The number of amides is 1. The van der Waals surface area contributed by atoms with Crippen molar-refractivity contribution in [2.75, 3.05) is 23.7 Å². The molecule has 0 fully saturated rings. The van der Waals surface area contributed by atoms with Crippen molar-refractivity contribution in [2.45, 2.75) is 26.8 Å².